The van der Waals surface area contributed by atoms with Crippen LogP contribution in [-0.2, 0) is 54.0 Å². The summed E-state index contributed by atoms with van der Waals surface area (Å²) in [6.45, 7) is 36.4. The van der Waals surface area contributed by atoms with Gasteiger partial charge in [-0.15, -0.1) is 0 Å². The molecule has 63 heavy (non-hydrogen) atoms. The van der Waals surface area contributed by atoms with Gasteiger partial charge < -0.3 is 47.4 Å². The molecule has 0 saturated carbocycles. The topological polar surface area (TPSA) is 92.3 Å². The first kappa shape index (κ1) is 51.2. The third kappa shape index (κ3) is 11.1. The maximum Gasteiger partial charge on any atom is 0.184 e. The summed E-state index contributed by atoms with van der Waals surface area (Å²) in [6.07, 6.45) is 1.76. The van der Waals surface area contributed by atoms with Gasteiger partial charge in [0.15, 0.2) is 31.5 Å². The molecule has 10 nitrogen and oxygen atoms in total. The predicted molar refractivity (Wildman–Crippen MR) is 246 cm³/mol. The molecule has 5 fully saturated rings. The third-order valence-corrected chi connectivity index (χ3v) is 17.0. The van der Waals surface area contributed by atoms with Crippen molar-refractivity contribution in [3.8, 4) is 0 Å². The predicted octanol–water partition coefficient (Wildman–Crippen LogP) is 11.4. The number of benzene rings is 1. The van der Waals surface area contributed by atoms with Crippen LogP contribution >= 0.6 is 0 Å². The minimum Gasteiger partial charge on any atom is -0.349 e. The lowest BCUT2D eigenvalue weighted by Crippen LogP contribution is -2.59. The van der Waals surface area contributed by atoms with Crippen LogP contribution in [0.2, 0.25) is 0 Å². The highest BCUT2D eigenvalue weighted by Crippen LogP contribution is 2.45. The fourth-order valence-corrected chi connectivity index (χ4v) is 11.9. The normalized spacial score (nSPS) is 48.5. The summed E-state index contributed by atoms with van der Waals surface area (Å²) in [6, 6.07) is 10.3. The molecule has 5 aliphatic heterocycles. The largest absolute Gasteiger partial charge is 0.349 e. The zero-order valence-corrected chi connectivity index (χ0v) is 42.1. The molecule has 0 radical (unpaired) electrons. The molecule has 10 heteroatoms. The molecule has 6 rings (SSSR count). The van der Waals surface area contributed by atoms with Gasteiger partial charge in [-0.3, -0.25) is 0 Å². The zero-order chi connectivity index (χ0) is 45.9. The molecule has 0 aliphatic carbocycles. The third-order valence-electron chi connectivity index (χ3n) is 17.0. The van der Waals surface area contributed by atoms with E-state index in [1.807, 2.05) is 18.2 Å². The van der Waals surface area contributed by atoms with E-state index in [1.54, 1.807) is 0 Å². The van der Waals surface area contributed by atoms with Crippen LogP contribution in [0.15, 0.2) is 30.3 Å². The van der Waals surface area contributed by atoms with Gasteiger partial charge in [-0.25, -0.2) is 0 Å². The molecule has 1 aromatic carbocycles. The number of hydrogen-bond donors (Lipinski definition) is 0. The van der Waals surface area contributed by atoms with E-state index >= 15 is 0 Å². The van der Waals surface area contributed by atoms with E-state index < -0.39 is 25.2 Å². The van der Waals surface area contributed by atoms with Gasteiger partial charge in [-0.1, -0.05) is 141 Å². The quantitative estimate of drug-likeness (QED) is 0.160. The Hall–Kier alpha value is -1.18. The van der Waals surface area contributed by atoms with E-state index in [0.29, 0.717) is 30.3 Å². The van der Waals surface area contributed by atoms with Crippen LogP contribution < -0.4 is 0 Å². The lowest BCUT2D eigenvalue weighted by Gasteiger charge is -2.52. The SMILES string of the molecule is CCC1O[C@H](O[C@@H]2C(C)[C@@H](O[C@@H]3C(C)[C@@H](O[C@@H]4C(C)[C@@H](OC5[C@@H](OCc6ccccc6)OC(CC)[C@@H](C)[C@@H]5C)OC(CC)[C@H]4C)OC(CC)[C@H]3C)OC(CC)[C@H]2C)C(C)[C@@H](C)[C@@H]1C. The average molecular weight is 887 g/mol. The molecule has 5 saturated heterocycles. The highest BCUT2D eigenvalue weighted by Gasteiger charge is 2.53. The Morgan fingerprint density at radius 3 is 1.03 bits per heavy atom. The van der Waals surface area contributed by atoms with Crippen LogP contribution in [0.3, 0.4) is 0 Å². The van der Waals surface area contributed by atoms with Crippen molar-refractivity contribution in [2.45, 2.75) is 236 Å². The standard InChI is InChI=1S/C53H90O10/c1-17-40-29(7)28(6)32(10)49(55-40)60-45-33(11)42(19-3)56-50(36(45)14)61-46-34(12)43(20-4)57-51(37(46)15)62-47-35(13)44(21-5)58-52(38(47)16)63-48-31(9)30(8)41(18-2)59-53(48)54-27-39-25-23-22-24-26-39/h22-26,28-38,40-53H,17-21,27H2,1-16H3/t28-,29-,30-,31-,32?,33+,34+,35+,36?,37?,38?,40?,41?,42?,43?,44?,45-,46-,47-,48?,49+,50+,51+,52+,53-/m0/s1. The Morgan fingerprint density at radius 2 is 0.651 bits per heavy atom. The van der Waals surface area contributed by atoms with Gasteiger partial charge in [-0.2, -0.15) is 0 Å². The molecule has 5 heterocycles. The molecule has 25 atom stereocenters. The summed E-state index contributed by atoms with van der Waals surface area (Å²) in [7, 11) is 0. The van der Waals surface area contributed by atoms with E-state index in [2.05, 4.69) is 123 Å². The van der Waals surface area contributed by atoms with Gasteiger partial charge in [0, 0.05) is 41.4 Å². The summed E-state index contributed by atoms with van der Waals surface area (Å²) in [4.78, 5) is 0. The van der Waals surface area contributed by atoms with E-state index in [-0.39, 0.29) is 103 Å². The van der Waals surface area contributed by atoms with Gasteiger partial charge >= 0.3 is 0 Å². The molecule has 0 aromatic heterocycles. The molecule has 10 unspecified atom stereocenters. The number of rotatable bonds is 16. The molecular weight excluding hydrogens is 797 g/mol. The van der Waals surface area contributed by atoms with E-state index in [9.17, 15) is 0 Å². The van der Waals surface area contributed by atoms with Crippen molar-refractivity contribution < 1.29 is 47.4 Å². The summed E-state index contributed by atoms with van der Waals surface area (Å²) in [5.41, 5.74) is 1.11. The Morgan fingerprint density at radius 1 is 0.333 bits per heavy atom. The lowest BCUT2D eigenvalue weighted by molar-refractivity contribution is -0.368. The first-order chi connectivity index (χ1) is 30.1. The maximum absolute atomic E-state index is 7.29. The van der Waals surface area contributed by atoms with Gasteiger partial charge in [-0.05, 0) is 61.3 Å². The van der Waals surface area contributed by atoms with Crippen LogP contribution in [0.1, 0.15) is 148 Å². The smallest absolute Gasteiger partial charge is 0.184 e. The highest BCUT2D eigenvalue weighted by molar-refractivity contribution is 5.13. The molecule has 0 amide bonds. The van der Waals surface area contributed by atoms with Crippen LogP contribution in [0.5, 0.6) is 0 Å². The maximum atomic E-state index is 7.29. The van der Waals surface area contributed by atoms with Crippen molar-refractivity contribution in [3.63, 3.8) is 0 Å². The van der Waals surface area contributed by atoms with Crippen molar-refractivity contribution in [3.05, 3.63) is 35.9 Å². The zero-order valence-electron chi connectivity index (χ0n) is 42.1. The van der Waals surface area contributed by atoms with E-state index in [4.69, 9.17) is 47.4 Å². The summed E-state index contributed by atoms with van der Waals surface area (Å²) in [5.74, 6) is 2.06. The van der Waals surface area contributed by atoms with Gasteiger partial charge in [0.2, 0.25) is 0 Å². The Kier molecular flexibility index (Phi) is 18.5. The Bertz CT molecular complexity index is 1500. The Balaban J connectivity index is 1.19. The molecule has 0 bridgehead atoms. The highest BCUT2D eigenvalue weighted by atomic mass is 16.7. The van der Waals surface area contributed by atoms with Crippen LogP contribution in [0.4, 0.5) is 0 Å². The fraction of sp³-hybridized carbons (Fsp3) is 0.887. The minimum atomic E-state index is -0.522. The summed E-state index contributed by atoms with van der Waals surface area (Å²) >= 11 is 0. The monoisotopic (exact) mass is 887 g/mol. The van der Waals surface area contributed by atoms with Crippen molar-refractivity contribution in [2.75, 3.05) is 0 Å². The fourth-order valence-electron chi connectivity index (χ4n) is 11.9. The average Bonchev–Trinajstić information content (AvgIpc) is 3.28. The number of ether oxygens (including phenoxy) is 10. The van der Waals surface area contributed by atoms with E-state index in [1.165, 1.54) is 0 Å². The molecule has 5 aliphatic rings. The lowest BCUT2D eigenvalue weighted by atomic mass is 9.78. The summed E-state index contributed by atoms with van der Waals surface area (Å²) < 4.78 is 69.4. The van der Waals surface area contributed by atoms with Gasteiger partial charge in [0.05, 0.1) is 55.4 Å². The first-order valence-corrected chi connectivity index (χ1v) is 25.6. The van der Waals surface area contributed by atoms with Gasteiger partial charge in [0.1, 0.15) is 6.10 Å². The first-order valence-electron chi connectivity index (χ1n) is 25.6. The van der Waals surface area contributed by atoms with Crippen LogP contribution in [0.25, 0.3) is 0 Å². The van der Waals surface area contributed by atoms with Gasteiger partial charge in [0.25, 0.3) is 0 Å². The van der Waals surface area contributed by atoms with Crippen LogP contribution in [0, 0.1) is 65.1 Å². The second kappa shape index (κ2) is 22.7. The Labute approximate surface area is 383 Å². The molecule has 1 aromatic rings. The second-order valence-corrected chi connectivity index (χ2v) is 20.9. The minimum absolute atomic E-state index is 0.00393. The van der Waals surface area contributed by atoms with Crippen molar-refractivity contribution in [1.82, 2.24) is 0 Å². The molecule has 362 valence electrons. The number of hydrogen-bond acceptors (Lipinski definition) is 10. The van der Waals surface area contributed by atoms with Crippen molar-refractivity contribution >= 4 is 0 Å². The van der Waals surface area contributed by atoms with E-state index in [0.717, 1.165) is 37.7 Å². The summed E-state index contributed by atoms with van der Waals surface area (Å²) in [5, 5.41) is 0. The molecule has 0 spiro atoms. The van der Waals surface area contributed by atoms with Crippen molar-refractivity contribution in [1.29, 1.82) is 0 Å². The van der Waals surface area contributed by atoms with Crippen LogP contribution in [-0.4, -0.2) is 86.4 Å². The molecular formula is C53H90O10. The van der Waals surface area contributed by atoms with Crippen molar-refractivity contribution in [2.24, 2.45) is 65.1 Å². The second-order valence-electron chi connectivity index (χ2n) is 20.9. The molecule has 0 N–H and O–H groups in total.